The van der Waals surface area contributed by atoms with Crippen LogP contribution < -0.4 is 11.5 Å². The molecule has 0 bridgehead atoms. The molecule has 0 radical (unpaired) electrons. The highest BCUT2D eigenvalue weighted by molar-refractivity contribution is 6.01. The zero-order valence-electron chi connectivity index (χ0n) is 13.2. The molecule has 4 N–H and O–H groups in total. The summed E-state index contributed by atoms with van der Waals surface area (Å²) in [4.78, 5) is 14.7. The summed E-state index contributed by atoms with van der Waals surface area (Å²) in [7, 11) is 0. The summed E-state index contributed by atoms with van der Waals surface area (Å²) < 4.78 is 0. The summed E-state index contributed by atoms with van der Waals surface area (Å²) >= 11 is 0. The third-order valence-corrected chi connectivity index (χ3v) is 4.34. The van der Waals surface area contributed by atoms with Crippen molar-refractivity contribution in [1.29, 1.82) is 0 Å². The highest BCUT2D eigenvalue weighted by atomic mass is 16.2. The highest BCUT2D eigenvalue weighted by Gasteiger charge is 2.26. The third-order valence-electron chi connectivity index (χ3n) is 4.34. The summed E-state index contributed by atoms with van der Waals surface area (Å²) in [6, 6.07) is 16.1. The molecule has 120 valence electrons. The van der Waals surface area contributed by atoms with Gasteiger partial charge < -0.3 is 16.4 Å². The number of amides is 1. The van der Waals surface area contributed by atoms with Crippen molar-refractivity contribution in [2.24, 2.45) is 11.5 Å². The Bertz CT molecular complexity index is 699. The van der Waals surface area contributed by atoms with Crippen LogP contribution >= 0.6 is 0 Å². The van der Waals surface area contributed by atoms with Crippen LogP contribution in [0.1, 0.15) is 22.3 Å². The molecule has 4 nitrogen and oxygen atoms in total. The first kappa shape index (κ1) is 15.7. The van der Waals surface area contributed by atoms with Crippen molar-refractivity contribution in [3.63, 3.8) is 0 Å². The predicted molar refractivity (Wildman–Crippen MR) is 93.1 cm³/mol. The monoisotopic (exact) mass is 309 g/mol. The predicted octanol–water partition coefficient (Wildman–Crippen LogP) is 2.03. The van der Waals surface area contributed by atoms with E-state index in [1.165, 1.54) is 5.56 Å². The van der Waals surface area contributed by atoms with Crippen LogP contribution in [0.5, 0.6) is 0 Å². The highest BCUT2D eigenvalue weighted by Crippen LogP contribution is 2.26. The zero-order valence-corrected chi connectivity index (χ0v) is 13.2. The van der Waals surface area contributed by atoms with E-state index in [-0.39, 0.29) is 11.9 Å². The fourth-order valence-corrected chi connectivity index (χ4v) is 3.12. The molecule has 1 aliphatic heterocycles. The maximum atomic E-state index is 12.8. The first-order valence-electron chi connectivity index (χ1n) is 8.12. The largest absolute Gasteiger partial charge is 0.337 e. The lowest BCUT2D eigenvalue weighted by Crippen LogP contribution is -2.32. The van der Waals surface area contributed by atoms with Gasteiger partial charge in [0.25, 0.3) is 5.91 Å². The number of likely N-dealkylation sites (tertiary alicyclic amines) is 1. The number of carbonyl (C=O) groups is 1. The number of benzene rings is 2. The number of hydrogen-bond acceptors (Lipinski definition) is 3. The first-order chi connectivity index (χ1) is 11.2. The van der Waals surface area contributed by atoms with Crippen LogP contribution in [-0.4, -0.2) is 36.5 Å². The molecule has 23 heavy (non-hydrogen) atoms. The normalized spacial score (nSPS) is 17.5. The van der Waals surface area contributed by atoms with Crippen molar-refractivity contribution in [3.05, 3.63) is 59.7 Å². The Kier molecular flexibility index (Phi) is 4.74. The quantitative estimate of drug-likeness (QED) is 0.907. The number of hydrogen-bond donors (Lipinski definition) is 2. The average Bonchev–Trinajstić information content (AvgIpc) is 3.01. The summed E-state index contributed by atoms with van der Waals surface area (Å²) in [5.74, 6) is 0.0674. The van der Waals surface area contributed by atoms with Crippen molar-refractivity contribution in [1.82, 2.24) is 4.90 Å². The van der Waals surface area contributed by atoms with Crippen LogP contribution in [0.3, 0.4) is 0 Å². The molecule has 2 aromatic rings. The molecule has 1 aliphatic rings. The van der Waals surface area contributed by atoms with Gasteiger partial charge in [0.15, 0.2) is 0 Å². The van der Waals surface area contributed by atoms with E-state index in [1.54, 1.807) is 0 Å². The molecule has 2 aromatic carbocycles. The Morgan fingerprint density at radius 1 is 1.17 bits per heavy atom. The van der Waals surface area contributed by atoms with E-state index < -0.39 is 0 Å². The van der Waals surface area contributed by atoms with Crippen molar-refractivity contribution in [2.75, 3.05) is 19.6 Å². The van der Waals surface area contributed by atoms with Crippen molar-refractivity contribution < 1.29 is 4.79 Å². The Morgan fingerprint density at radius 2 is 2.00 bits per heavy atom. The fraction of sp³-hybridized carbons (Fsp3) is 0.316. The minimum atomic E-state index is 0.0674. The van der Waals surface area contributed by atoms with Crippen LogP contribution in [-0.2, 0) is 6.42 Å². The smallest absolute Gasteiger partial charge is 0.254 e. The summed E-state index contributed by atoms with van der Waals surface area (Å²) in [5, 5.41) is 0. The van der Waals surface area contributed by atoms with E-state index in [0.29, 0.717) is 13.1 Å². The Hall–Kier alpha value is -2.17. The van der Waals surface area contributed by atoms with Crippen molar-refractivity contribution in [2.45, 2.75) is 18.9 Å². The molecule has 1 atom stereocenters. The lowest BCUT2D eigenvalue weighted by molar-refractivity contribution is 0.0791. The maximum absolute atomic E-state index is 12.8. The van der Waals surface area contributed by atoms with Gasteiger partial charge in [0.05, 0.1) is 0 Å². The Labute approximate surface area is 137 Å². The Morgan fingerprint density at radius 3 is 2.74 bits per heavy atom. The number of nitrogens with two attached hydrogens (primary N) is 2. The van der Waals surface area contributed by atoms with E-state index >= 15 is 0 Å². The number of rotatable bonds is 4. The zero-order chi connectivity index (χ0) is 16.2. The average molecular weight is 309 g/mol. The molecule has 4 heteroatoms. The van der Waals surface area contributed by atoms with Gasteiger partial charge in [-0.3, -0.25) is 4.79 Å². The molecule has 1 fully saturated rings. The van der Waals surface area contributed by atoms with E-state index in [2.05, 4.69) is 12.1 Å². The van der Waals surface area contributed by atoms with Gasteiger partial charge in [0, 0.05) is 24.7 Å². The molecular formula is C19H23N3O. The second-order valence-electron chi connectivity index (χ2n) is 6.08. The standard InChI is InChI=1S/C19H23N3O/c20-10-8-14-4-3-5-15(12-14)17-6-1-2-7-18(17)19(23)22-11-9-16(21)13-22/h1-7,12,16H,8-11,13,20-21H2/t16-/m0/s1. The fourth-order valence-electron chi connectivity index (χ4n) is 3.12. The van der Waals surface area contributed by atoms with Gasteiger partial charge in [-0.15, -0.1) is 0 Å². The lowest BCUT2D eigenvalue weighted by atomic mass is 9.96. The molecule has 1 amide bonds. The summed E-state index contributed by atoms with van der Waals surface area (Å²) in [6.45, 7) is 2.00. The van der Waals surface area contributed by atoms with Gasteiger partial charge >= 0.3 is 0 Å². The van der Waals surface area contributed by atoms with Gasteiger partial charge in [-0.25, -0.2) is 0 Å². The van der Waals surface area contributed by atoms with E-state index in [0.717, 1.165) is 36.1 Å². The van der Waals surface area contributed by atoms with Crippen LogP contribution in [0.4, 0.5) is 0 Å². The molecule has 3 rings (SSSR count). The molecule has 0 unspecified atom stereocenters. The second-order valence-corrected chi connectivity index (χ2v) is 6.08. The van der Waals surface area contributed by atoms with Gasteiger partial charge in [-0.2, -0.15) is 0 Å². The van der Waals surface area contributed by atoms with Gasteiger partial charge in [-0.1, -0.05) is 42.5 Å². The van der Waals surface area contributed by atoms with Crippen LogP contribution in [0, 0.1) is 0 Å². The van der Waals surface area contributed by atoms with Gasteiger partial charge in [-0.05, 0) is 42.1 Å². The first-order valence-corrected chi connectivity index (χ1v) is 8.12. The van der Waals surface area contributed by atoms with E-state index in [9.17, 15) is 4.79 Å². The number of carbonyl (C=O) groups excluding carboxylic acids is 1. The van der Waals surface area contributed by atoms with E-state index in [4.69, 9.17) is 11.5 Å². The molecule has 0 aliphatic carbocycles. The second kappa shape index (κ2) is 6.94. The third kappa shape index (κ3) is 3.44. The SMILES string of the molecule is NCCc1cccc(-c2ccccc2C(=O)N2CC[C@H](N)C2)c1. The van der Waals surface area contributed by atoms with Crippen molar-refractivity contribution >= 4 is 5.91 Å². The molecule has 0 spiro atoms. The topological polar surface area (TPSA) is 72.4 Å². The summed E-state index contributed by atoms with van der Waals surface area (Å²) in [6.07, 6.45) is 1.71. The minimum Gasteiger partial charge on any atom is -0.337 e. The minimum absolute atomic E-state index is 0.0674. The van der Waals surface area contributed by atoms with E-state index in [1.807, 2.05) is 41.3 Å². The Balaban J connectivity index is 1.94. The molecule has 1 heterocycles. The van der Waals surface area contributed by atoms with Crippen LogP contribution in [0.15, 0.2) is 48.5 Å². The van der Waals surface area contributed by atoms with Crippen LogP contribution in [0.25, 0.3) is 11.1 Å². The molecule has 1 saturated heterocycles. The van der Waals surface area contributed by atoms with Crippen molar-refractivity contribution in [3.8, 4) is 11.1 Å². The maximum Gasteiger partial charge on any atom is 0.254 e. The summed E-state index contributed by atoms with van der Waals surface area (Å²) in [5.41, 5.74) is 15.5. The molecule has 0 aromatic heterocycles. The lowest BCUT2D eigenvalue weighted by Gasteiger charge is -2.18. The van der Waals surface area contributed by atoms with Gasteiger partial charge in [0.2, 0.25) is 0 Å². The molecule has 0 saturated carbocycles. The number of nitrogens with zero attached hydrogens (tertiary/aromatic N) is 1. The molecular weight excluding hydrogens is 286 g/mol. The van der Waals surface area contributed by atoms with Crippen LogP contribution in [0.2, 0.25) is 0 Å². The van der Waals surface area contributed by atoms with Gasteiger partial charge in [0.1, 0.15) is 0 Å².